The summed E-state index contributed by atoms with van der Waals surface area (Å²) in [5.74, 6) is -0.930. The molecule has 0 aliphatic carbocycles. The van der Waals surface area contributed by atoms with Crippen LogP contribution in [0.5, 0.6) is 0 Å². The number of hydrogen-bond donors (Lipinski definition) is 0. The molecule has 0 amide bonds. The van der Waals surface area contributed by atoms with E-state index < -0.39 is 6.10 Å². The molecule has 0 N–H and O–H groups in total. The average Bonchev–Trinajstić information content (AvgIpc) is 3.41. The van der Waals surface area contributed by atoms with Crippen molar-refractivity contribution in [3.8, 4) is 0 Å². The van der Waals surface area contributed by atoms with Gasteiger partial charge >= 0.3 is 17.9 Å². The number of rotatable bonds is 55. The van der Waals surface area contributed by atoms with Crippen LogP contribution < -0.4 is 0 Å². The molecule has 1 atom stereocenters. The van der Waals surface area contributed by atoms with Gasteiger partial charge in [-0.25, -0.2) is 0 Å². The Labute approximate surface area is 462 Å². The number of esters is 3. The second-order valence-corrected chi connectivity index (χ2v) is 20.2. The molecule has 75 heavy (non-hydrogen) atoms. The quantitative estimate of drug-likeness (QED) is 0.0261. The molecule has 0 bridgehead atoms. The van der Waals surface area contributed by atoms with Crippen LogP contribution in [0.25, 0.3) is 0 Å². The summed E-state index contributed by atoms with van der Waals surface area (Å²) in [6.07, 6.45) is 86.2. The molecule has 0 radical (unpaired) electrons. The molecular formula is C69H114O6. The van der Waals surface area contributed by atoms with E-state index in [1.165, 1.54) is 83.5 Å². The number of hydrogen-bond acceptors (Lipinski definition) is 6. The summed E-state index contributed by atoms with van der Waals surface area (Å²) in [5, 5.41) is 0. The molecule has 6 nitrogen and oxygen atoms in total. The van der Waals surface area contributed by atoms with Gasteiger partial charge in [0.1, 0.15) is 13.2 Å². The van der Waals surface area contributed by atoms with Crippen LogP contribution in [0.1, 0.15) is 278 Å². The Morgan fingerprint density at radius 1 is 0.280 bits per heavy atom. The van der Waals surface area contributed by atoms with Crippen LogP contribution in [0.2, 0.25) is 0 Å². The van der Waals surface area contributed by atoms with Crippen molar-refractivity contribution >= 4 is 17.9 Å². The molecular weight excluding hydrogens is 925 g/mol. The summed E-state index contributed by atoms with van der Waals surface area (Å²) in [7, 11) is 0. The van der Waals surface area contributed by atoms with E-state index in [9.17, 15) is 14.4 Å². The summed E-state index contributed by atoms with van der Waals surface area (Å²) in [4.78, 5) is 38.2. The van der Waals surface area contributed by atoms with Gasteiger partial charge in [-0.1, -0.05) is 251 Å². The molecule has 0 aromatic heterocycles. The first-order chi connectivity index (χ1) is 37.0. The average molecular weight is 1040 g/mol. The van der Waals surface area contributed by atoms with Crippen molar-refractivity contribution in [2.75, 3.05) is 13.2 Å². The summed E-state index contributed by atoms with van der Waals surface area (Å²) >= 11 is 0. The van der Waals surface area contributed by atoms with E-state index in [2.05, 4.69) is 142 Å². The SMILES string of the molecule is CC/C=C\C/C=C\C/C=C\C/C=C\C/C=C\C/C=C\C/C=C\CCCCCCCC(=O)OCC(COC(=O)CCCCCCC/C=C\C/C=C\CCC)OC(=O)CCCCCCCCC/C=C\CCCCCCCC. The standard InChI is InChI=1S/C69H114O6/c1-4-7-10-13-16-19-22-25-27-29-30-31-32-33-34-35-36-37-38-40-41-44-47-50-53-56-59-62-68(71)74-65-66(64-73-67(70)61-58-55-52-49-46-43-24-21-18-15-12-9-6-3)75-69(72)63-60-57-54-51-48-45-42-39-28-26-23-20-17-14-11-8-5-2/h7,10,12,15-16,19,21,24-28,30-31,33-34,36-37,40-41,66H,4-6,8-9,11,13-14,17-18,20,22-23,29,32,35,38-39,42-65H2,1-3H3/b10-7-,15-12-,19-16-,24-21-,27-25-,28-26-,31-30-,34-33-,37-36-,41-40-. The second-order valence-electron chi connectivity index (χ2n) is 20.2. The third kappa shape index (κ3) is 60.6. The van der Waals surface area contributed by atoms with Crippen molar-refractivity contribution in [2.24, 2.45) is 0 Å². The zero-order valence-electron chi connectivity index (χ0n) is 48.8. The van der Waals surface area contributed by atoms with E-state index in [-0.39, 0.29) is 31.1 Å². The maximum atomic E-state index is 12.9. The molecule has 0 heterocycles. The third-order valence-corrected chi connectivity index (χ3v) is 12.9. The highest BCUT2D eigenvalue weighted by atomic mass is 16.6. The van der Waals surface area contributed by atoms with Gasteiger partial charge in [-0.2, -0.15) is 0 Å². The molecule has 0 aliphatic heterocycles. The highest BCUT2D eigenvalue weighted by Gasteiger charge is 2.19. The van der Waals surface area contributed by atoms with E-state index >= 15 is 0 Å². The molecule has 1 unspecified atom stereocenters. The van der Waals surface area contributed by atoms with Gasteiger partial charge < -0.3 is 14.2 Å². The summed E-state index contributed by atoms with van der Waals surface area (Å²) in [6, 6.07) is 0. The number of unbranched alkanes of at least 4 members (excludes halogenated alkanes) is 24. The van der Waals surface area contributed by atoms with Gasteiger partial charge in [-0.15, -0.1) is 0 Å². The minimum Gasteiger partial charge on any atom is -0.462 e. The third-order valence-electron chi connectivity index (χ3n) is 12.9. The van der Waals surface area contributed by atoms with Crippen molar-refractivity contribution < 1.29 is 28.6 Å². The summed E-state index contributed by atoms with van der Waals surface area (Å²) in [5.41, 5.74) is 0. The van der Waals surface area contributed by atoms with E-state index in [4.69, 9.17) is 14.2 Å². The maximum Gasteiger partial charge on any atom is 0.306 e. The molecule has 0 saturated heterocycles. The Morgan fingerprint density at radius 2 is 0.547 bits per heavy atom. The first-order valence-corrected chi connectivity index (χ1v) is 31.0. The van der Waals surface area contributed by atoms with Crippen LogP contribution in [-0.4, -0.2) is 37.2 Å². The molecule has 0 saturated carbocycles. The second kappa shape index (κ2) is 62.4. The number of allylic oxidation sites excluding steroid dienone is 20. The van der Waals surface area contributed by atoms with Crippen LogP contribution >= 0.6 is 0 Å². The fourth-order valence-electron chi connectivity index (χ4n) is 8.28. The topological polar surface area (TPSA) is 78.9 Å². The monoisotopic (exact) mass is 1040 g/mol. The predicted molar refractivity (Wildman–Crippen MR) is 325 cm³/mol. The highest BCUT2D eigenvalue weighted by Crippen LogP contribution is 2.15. The van der Waals surface area contributed by atoms with Crippen LogP contribution in [0.3, 0.4) is 0 Å². The van der Waals surface area contributed by atoms with Crippen molar-refractivity contribution in [3.63, 3.8) is 0 Å². The van der Waals surface area contributed by atoms with Crippen molar-refractivity contribution in [3.05, 3.63) is 122 Å². The lowest BCUT2D eigenvalue weighted by atomic mass is 10.1. The normalized spacial score (nSPS) is 12.9. The van der Waals surface area contributed by atoms with E-state index in [1.54, 1.807) is 0 Å². The number of carbonyl (C=O) groups excluding carboxylic acids is 3. The van der Waals surface area contributed by atoms with Gasteiger partial charge in [0.25, 0.3) is 0 Å². The lowest BCUT2D eigenvalue weighted by Crippen LogP contribution is -2.30. The maximum absolute atomic E-state index is 12.9. The number of carbonyl (C=O) groups is 3. The molecule has 0 fully saturated rings. The Hall–Kier alpha value is -4.19. The predicted octanol–water partition coefficient (Wildman–Crippen LogP) is 21.2. The van der Waals surface area contributed by atoms with Crippen LogP contribution in [0.15, 0.2) is 122 Å². The summed E-state index contributed by atoms with van der Waals surface area (Å²) < 4.78 is 16.9. The molecule has 0 aromatic rings. The van der Waals surface area contributed by atoms with Crippen LogP contribution in [0.4, 0.5) is 0 Å². The Kier molecular flexibility index (Phi) is 58.9. The van der Waals surface area contributed by atoms with Gasteiger partial charge in [-0.05, 0) is 128 Å². The first-order valence-electron chi connectivity index (χ1n) is 31.0. The number of ether oxygens (including phenoxy) is 3. The molecule has 0 aliphatic rings. The van der Waals surface area contributed by atoms with Gasteiger partial charge in [0.2, 0.25) is 0 Å². The van der Waals surface area contributed by atoms with E-state index in [1.807, 2.05) is 0 Å². The van der Waals surface area contributed by atoms with Gasteiger partial charge in [-0.3, -0.25) is 14.4 Å². The molecule has 0 spiro atoms. The van der Waals surface area contributed by atoms with Gasteiger partial charge in [0, 0.05) is 19.3 Å². The van der Waals surface area contributed by atoms with E-state index in [0.29, 0.717) is 19.3 Å². The molecule has 426 valence electrons. The molecule has 0 aromatic carbocycles. The van der Waals surface area contributed by atoms with Crippen LogP contribution in [0, 0.1) is 0 Å². The fraction of sp³-hybridized carbons (Fsp3) is 0.667. The smallest absolute Gasteiger partial charge is 0.306 e. The van der Waals surface area contributed by atoms with Gasteiger partial charge in [0.15, 0.2) is 6.10 Å². The van der Waals surface area contributed by atoms with Gasteiger partial charge in [0.05, 0.1) is 0 Å². The minimum absolute atomic E-state index is 0.0953. The zero-order chi connectivity index (χ0) is 54.3. The van der Waals surface area contributed by atoms with Crippen molar-refractivity contribution in [2.45, 2.75) is 284 Å². The summed E-state index contributed by atoms with van der Waals surface area (Å²) in [6.45, 7) is 6.43. The molecule has 6 heteroatoms. The Bertz CT molecular complexity index is 1570. The largest absolute Gasteiger partial charge is 0.462 e. The van der Waals surface area contributed by atoms with Crippen molar-refractivity contribution in [1.29, 1.82) is 0 Å². The minimum atomic E-state index is -0.798. The molecule has 0 rings (SSSR count). The zero-order valence-corrected chi connectivity index (χ0v) is 48.8. The lowest BCUT2D eigenvalue weighted by molar-refractivity contribution is -0.167. The Morgan fingerprint density at radius 3 is 0.880 bits per heavy atom. The van der Waals surface area contributed by atoms with Crippen LogP contribution in [-0.2, 0) is 28.6 Å². The lowest BCUT2D eigenvalue weighted by Gasteiger charge is -2.18. The highest BCUT2D eigenvalue weighted by molar-refractivity contribution is 5.71. The first kappa shape index (κ1) is 70.8. The van der Waals surface area contributed by atoms with Crippen molar-refractivity contribution in [1.82, 2.24) is 0 Å². The fourth-order valence-corrected chi connectivity index (χ4v) is 8.28. The van der Waals surface area contributed by atoms with E-state index in [0.717, 1.165) is 154 Å². The Balaban J connectivity index is 4.39.